The maximum Gasteiger partial charge on any atom is 0.416 e. The van der Waals surface area contributed by atoms with Crippen molar-refractivity contribution in [1.29, 1.82) is 0 Å². The van der Waals surface area contributed by atoms with Crippen LogP contribution in [0.25, 0.3) is 10.9 Å². The number of alkyl halides is 3. The molecule has 236 valence electrons. The first-order valence-electron chi connectivity index (χ1n) is 14.4. The summed E-state index contributed by atoms with van der Waals surface area (Å²) in [6.07, 6.45) is -0.593. The lowest BCUT2D eigenvalue weighted by atomic mass is 10.1. The number of anilines is 2. The molecule has 2 fully saturated rings. The van der Waals surface area contributed by atoms with Crippen molar-refractivity contribution in [3.8, 4) is 5.75 Å². The van der Waals surface area contributed by atoms with Gasteiger partial charge in [0.05, 0.1) is 11.1 Å². The number of aliphatic imine (C=N–C) groups is 2. The third-order valence-corrected chi connectivity index (χ3v) is 7.80. The number of nitrogens with zero attached hydrogens (tertiary/aromatic N) is 5. The van der Waals surface area contributed by atoms with Crippen LogP contribution in [0, 0.1) is 18.6 Å². The van der Waals surface area contributed by atoms with Gasteiger partial charge >= 0.3 is 6.18 Å². The van der Waals surface area contributed by atoms with E-state index in [4.69, 9.17) is 4.74 Å². The molecular formula is C31H31F5N8O. The molecule has 0 unspecified atom stereocenters. The molecule has 0 amide bonds. The van der Waals surface area contributed by atoms with Crippen LogP contribution in [-0.2, 0) is 6.18 Å². The molecule has 1 aliphatic carbocycles. The van der Waals surface area contributed by atoms with Crippen molar-refractivity contribution in [3.05, 3.63) is 82.9 Å². The highest BCUT2D eigenvalue weighted by molar-refractivity contribution is 5.94. The highest BCUT2D eigenvalue weighted by Gasteiger charge is 2.31. The Labute approximate surface area is 255 Å². The second-order valence-corrected chi connectivity index (χ2v) is 11.0. The quantitative estimate of drug-likeness (QED) is 0.111. The number of fused-ring (bicyclic) bond motifs is 1. The van der Waals surface area contributed by atoms with Gasteiger partial charge in [-0.3, -0.25) is 5.10 Å². The molecule has 0 atom stereocenters. The molecule has 4 aromatic rings. The van der Waals surface area contributed by atoms with Gasteiger partial charge in [0.15, 0.2) is 29.9 Å². The van der Waals surface area contributed by atoms with Crippen molar-refractivity contribution in [2.75, 3.05) is 43.1 Å². The summed E-state index contributed by atoms with van der Waals surface area (Å²) in [5.41, 5.74) is 1.44. The molecule has 2 aromatic carbocycles. The molecule has 1 saturated carbocycles. The molecule has 2 aromatic heterocycles. The molecule has 0 bridgehead atoms. The number of aromatic amines is 2. The van der Waals surface area contributed by atoms with Crippen LogP contribution in [0.1, 0.15) is 35.7 Å². The van der Waals surface area contributed by atoms with Gasteiger partial charge in [-0.15, -0.1) is 0 Å². The number of H-pyrrole nitrogens is 2. The number of amidine groups is 1. The first-order valence-corrected chi connectivity index (χ1v) is 14.4. The van der Waals surface area contributed by atoms with Gasteiger partial charge in [0.2, 0.25) is 0 Å². The topological polar surface area (TPSA) is 96.9 Å². The Morgan fingerprint density at radius 1 is 1.13 bits per heavy atom. The van der Waals surface area contributed by atoms with Crippen LogP contribution in [0.4, 0.5) is 33.5 Å². The number of halogens is 5. The van der Waals surface area contributed by atoms with E-state index in [0.717, 1.165) is 36.7 Å². The average Bonchev–Trinajstić information content (AvgIpc) is 3.64. The summed E-state index contributed by atoms with van der Waals surface area (Å²) >= 11 is 0. The molecule has 6 rings (SSSR count). The number of hydrogen-bond donors (Lipinski definition) is 3. The molecule has 0 spiro atoms. The van der Waals surface area contributed by atoms with Crippen LogP contribution < -0.4 is 15.0 Å². The largest absolute Gasteiger partial charge is 0.468 e. The van der Waals surface area contributed by atoms with E-state index in [2.05, 4.69) is 37.2 Å². The minimum Gasteiger partial charge on any atom is -0.468 e. The van der Waals surface area contributed by atoms with Crippen LogP contribution in [0.3, 0.4) is 0 Å². The molecule has 2 aliphatic rings. The van der Waals surface area contributed by atoms with E-state index in [-0.39, 0.29) is 23.4 Å². The zero-order valence-corrected chi connectivity index (χ0v) is 24.4. The Bertz CT molecular complexity index is 1760. The van der Waals surface area contributed by atoms with E-state index in [1.54, 1.807) is 19.1 Å². The summed E-state index contributed by atoms with van der Waals surface area (Å²) in [7, 11) is 0. The summed E-state index contributed by atoms with van der Waals surface area (Å²) < 4.78 is 75.2. The number of hydrogen-bond acceptors (Lipinski definition) is 6. The summed E-state index contributed by atoms with van der Waals surface area (Å²) in [6.45, 7) is 6.63. The van der Waals surface area contributed by atoms with Crippen molar-refractivity contribution < 1.29 is 26.7 Å². The fraction of sp³-hybridized carbons (Fsp3) is 0.323. The van der Waals surface area contributed by atoms with Crippen LogP contribution in [0.5, 0.6) is 5.75 Å². The maximum atomic E-state index is 15.1. The van der Waals surface area contributed by atoms with E-state index in [1.807, 2.05) is 15.9 Å². The Balaban J connectivity index is 1.22. The van der Waals surface area contributed by atoms with E-state index in [9.17, 15) is 17.6 Å². The van der Waals surface area contributed by atoms with Gasteiger partial charge < -0.3 is 24.8 Å². The zero-order valence-electron chi connectivity index (χ0n) is 24.4. The maximum absolute atomic E-state index is 15.1. The molecular weight excluding hydrogens is 595 g/mol. The number of piperazine rings is 1. The number of aryl methyl sites for hydroxylation is 1. The molecule has 14 heteroatoms. The lowest BCUT2D eigenvalue weighted by molar-refractivity contribution is -0.137. The van der Waals surface area contributed by atoms with Gasteiger partial charge in [-0.25, -0.2) is 18.8 Å². The second-order valence-electron chi connectivity index (χ2n) is 11.0. The fourth-order valence-corrected chi connectivity index (χ4v) is 5.30. The molecule has 0 radical (unpaired) electrons. The first-order chi connectivity index (χ1) is 21.6. The van der Waals surface area contributed by atoms with Crippen LogP contribution in [0.2, 0.25) is 0 Å². The van der Waals surface area contributed by atoms with Crippen LogP contribution >= 0.6 is 0 Å². The van der Waals surface area contributed by atoms with Gasteiger partial charge in [0.1, 0.15) is 11.7 Å². The summed E-state index contributed by atoms with van der Waals surface area (Å²) in [5, 5.41) is 10.5. The molecule has 45 heavy (non-hydrogen) atoms. The minimum atomic E-state index is -4.44. The van der Waals surface area contributed by atoms with Gasteiger partial charge in [-0.05, 0) is 50.7 Å². The lowest BCUT2D eigenvalue weighted by Gasteiger charge is -2.37. The van der Waals surface area contributed by atoms with Crippen molar-refractivity contribution in [2.24, 2.45) is 9.98 Å². The third kappa shape index (κ3) is 6.79. The minimum absolute atomic E-state index is 0.0547. The SMILES string of the molecule is C=N/C(=C\C(=N/COc1cc(F)c2[nH]c(C)cc2c1F)N1CCN(c2cccc(C(F)(F)F)c2)CC1)Nc1cc(C2CC2)[nH]n1. The molecule has 1 aliphatic heterocycles. The number of ether oxygens (including phenoxy) is 1. The molecule has 3 heterocycles. The Kier molecular flexibility index (Phi) is 8.21. The highest BCUT2D eigenvalue weighted by atomic mass is 19.4. The van der Waals surface area contributed by atoms with Crippen molar-refractivity contribution in [1.82, 2.24) is 20.1 Å². The number of rotatable bonds is 9. The van der Waals surface area contributed by atoms with Crippen molar-refractivity contribution in [3.63, 3.8) is 0 Å². The first kappa shape index (κ1) is 30.2. The number of nitrogens with one attached hydrogen (secondary N) is 3. The Morgan fingerprint density at radius 2 is 1.91 bits per heavy atom. The fourth-order valence-electron chi connectivity index (χ4n) is 5.30. The summed E-state index contributed by atoms with van der Waals surface area (Å²) in [4.78, 5) is 15.2. The van der Waals surface area contributed by atoms with Gasteiger partial charge in [-0.1, -0.05) is 6.07 Å². The van der Waals surface area contributed by atoms with Gasteiger partial charge in [0, 0.05) is 72.8 Å². The predicted molar refractivity (Wildman–Crippen MR) is 163 cm³/mol. The Morgan fingerprint density at radius 3 is 2.62 bits per heavy atom. The average molecular weight is 627 g/mol. The zero-order chi connectivity index (χ0) is 31.7. The van der Waals surface area contributed by atoms with Gasteiger partial charge in [0.25, 0.3) is 0 Å². The smallest absolute Gasteiger partial charge is 0.416 e. The normalized spacial score (nSPS) is 16.4. The van der Waals surface area contributed by atoms with Crippen molar-refractivity contribution >= 4 is 35.0 Å². The molecule has 3 N–H and O–H groups in total. The summed E-state index contributed by atoms with van der Waals surface area (Å²) in [5.74, 6) is 0.113. The second kappa shape index (κ2) is 12.3. The van der Waals surface area contributed by atoms with Crippen LogP contribution in [0.15, 0.2) is 64.3 Å². The highest BCUT2D eigenvalue weighted by Crippen LogP contribution is 2.39. The monoisotopic (exact) mass is 626 g/mol. The molecule has 1 saturated heterocycles. The Hall–Kier alpha value is -4.88. The third-order valence-electron chi connectivity index (χ3n) is 7.80. The van der Waals surface area contributed by atoms with Crippen LogP contribution in [-0.4, -0.2) is 65.5 Å². The predicted octanol–water partition coefficient (Wildman–Crippen LogP) is 6.58. The summed E-state index contributed by atoms with van der Waals surface area (Å²) in [6, 6.07) is 9.59. The standard InChI is InChI=1S/C31H31F5N8O/c1-18-12-22-29(33)25(14-23(32)30(22)39-18)45-17-38-28(16-26(37-2)40-27-15-24(41-42-27)19-6-7-19)44-10-8-43(9-11-44)21-5-3-4-20(13-21)31(34,35)36/h3-5,12-16,19,39H,2,6-11,17H2,1H3,(H2,40,41,42)/b26-16+,38-28+. The van der Waals surface area contributed by atoms with Crippen molar-refractivity contribution in [2.45, 2.75) is 31.9 Å². The van der Waals surface area contributed by atoms with E-state index in [1.165, 1.54) is 12.1 Å². The molecule has 9 nitrogen and oxygen atoms in total. The van der Waals surface area contributed by atoms with E-state index in [0.29, 0.717) is 61.0 Å². The van der Waals surface area contributed by atoms with E-state index >= 15 is 4.39 Å². The lowest BCUT2D eigenvalue weighted by Crippen LogP contribution is -2.48. The number of aromatic nitrogens is 3. The number of benzene rings is 2. The van der Waals surface area contributed by atoms with Gasteiger partial charge in [-0.2, -0.15) is 18.3 Å². The van der Waals surface area contributed by atoms with E-state index < -0.39 is 23.4 Å².